The molecule has 0 aliphatic carbocycles. The molecule has 1 aromatic rings. The van der Waals surface area contributed by atoms with Crippen LogP contribution in [-0.2, 0) is 6.54 Å². The van der Waals surface area contributed by atoms with Crippen molar-refractivity contribution in [3.8, 4) is 0 Å². The standard InChI is InChI=1S/C11H16N2S2/c1-12-11(14)13(2)8-9-4-6-10(15-3)7-5-9/h4-7H,8H2,1-3H3,(H,12,14). The van der Waals surface area contributed by atoms with Gasteiger partial charge < -0.3 is 10.2 Å². The van der Waals surface area contributed by atoms with Gasteiger partial charge in [0.1, 0.15) is 0 Å². The van der Waals surface area contributed by atoms with Crippen LogP contribution >= 0.6 is 24.0 Å². The number of nitrogens with one attached hydrogen (secondary N) is 1. The average molecular weight is 240 g/mol. The zero-order valence-corrected chi connectivity index (χ0v) is 10.9. The first-order chi connectivity index (χ1) is 7.17. The molecule has 0 heterocycles. The predicted octanol–water partition coefficient (Wildman–Crippen LogP) is 2.34. The Kier molecular flexibility index (Phi) is 4.91. The zero-order valence-electron chi connectivity index (χ0n) is 9.28. The van der Waals surface area contributed by atoms with Crippen molar-refractivity contribution in [1.82, 2.24) is 10.2 Å². The third kappa shape index (κ3) is 3.72. The molecule has 15 heavy (non-hydrogen) atoms. The van der Waals surface area contributed by atoms with Crippen molar-refractivity contribution in [2.24, 2.45) is 0 Å². The first kappa shape index (κ1) is 12.3. The Hall–Kier alpha value is -0.740. The van der Waals surface area contributed by atoms with Gasteiger partial charge in [-0.3, -0.25) is 0 Å². The van der Waals surface area contributed by atoms with E-state index in [1.54, 1.807) is 11.8 Å². The molecule has 1 N–H and O–H groups in total. The lowest BCUT2D eigenvalue weighted by Crippen LogP contribution is -2.33. The summed E-state index contributed by atoms with van der Waals surface area (Å²) < 4.78 is 0. The van der Waals surface area contributed by atoms with Crippen molar-refractivity contribution in [2.45, 2.75) is 11.4 Å². The Labute approximate surface area is 101 Å². The van der Waals surface area contributed by atoms with Crippen LogP contribution in [0.4, 0.5) is 0 Å². The van der Waals surface area contributed by atoms with Crippen molar-refractivity contribution in [2.75, 3.05) is 20.4 Å². The highest BCUT2D eigenvalue weighted by molar-refractivity contribution is 7.98. The maximum Gasteiger partial charge on any atom is 0.168 e. The van der Waals surface area contributed by atoms with Crippen LogP contribution in [0.5, 0.6) is 0 Å². The third-order valence-electron chi connectivity index (χ3n) is 2.14. The molecule has 2 nitrogen and oxygen atoms in total. The summed E-state index contributed by atoms with van der Waals surface area (Å²) >= 11 is 6.89. The molecule has 1 aromatic carbocycles. The number of nitrogens with zero attached hydrogens (tertiary/aromatic N) is 1. The fraction of sp³-hybridized carbons (Fsp3) is 0.364. The molecule has 0 aliphatic rings. The van der Waals surface area contributed by atoms with Gasteiger partial charge in [0.25, 0.3) is 0 Å². The molecule has 0 fully saturated rings. The molecule has 0 saturated carbocycles. The Morgan fingerprint density at radius 1 is 1.40 bits per heavy atom. The summed E-state index contributed by atoms with van der Waals surface area (Å²) in [5.74, 6) is 0. The van der Waals surface area contributed by atoms with Gasteiger partial charge >= 0.3 is 0 Å². The van der Waals surface area contributed by atoms with Gasteiger partial charge in [0.05, 0.1) is 0 Å². The average Bonchev–Trinajstić information content (AvgIpc) is 2.29. The van der Waals surface area contributed by atoms with Crippen LogP contribution in [0.25, 0.3) is 0 Å². The maximum absolute atomic E-state index is 5.14. The van der Waals surface area contributed by atoms with E-state index in [2.05, 4.69) is 35.8 Å². The molecule has 0 radical (unpaired) electrons. The molecule has 0 unspecified atom stereocenters. The minimum Gasteiger partial charge on any atom is -0.366 e. The molecule has 0 spiro atoms. The maximum atomic E-state index is 5.14. The highest BCUT2D eigenvalue weighted by Crippen LogP contribution is 2.15. The monoisotopic (exact) mass is 240 g/mol. The van der Waals surface area contributed by atoms with Gasteiger partial charge in [-0.2, -0.15) is 0 Å². The number of benzene rings is 1. The molecule has 0 amide bonds. The lowest BCUT2D eigenvalue weighted by atomic mass is 10.2. The van der Waals surface area contributed by atoms with Gasteiger partial charge in [-0.25, -0.2) is 0 Å². The molecular formula is C11H16N2S2. The Balaban J connectivity index is 2.60. The van der Waals surface area contributed by atoms with Crippen molar-refractivity contribution < 1.29 is 0 Å². The molecule has 82 valence electrons. The molecular weight excluding hydrogens is 224 g/mol. The molecule has 0 atom stereocenters. The molecule has 1 rings (SSSR count). The summed E-state index contributed by atoms with van der Waals surface area (Å²) in [5.41, 5.74) is 1.27. The van der Waals surface area contributed by atoms with Gasteiger partial charge in [0.2, 0.25) is 0 Å². The van der Waals surface area contributed by atoms with Crippen molar-refractivity contribution in [3.63, 3.8) is 0 Å². The summed E-state index contributed by atoms with van der Waals surface area (Å²) in [6.07, 6.45) is 2.08. The van der Waals surface area contributed by atoms with Gasteiger partial charge in [0.15, 0.2) is 5.11 Å². The molecule has 0 saturated heterocycles. The first-order valence-corrected chi connectivity index (χ1v) is 6.36. The minimum atomic E-state index is 0.768. The first-order valence-electron chi connectivity index (χ1n) is 4.73. The van der Waals surface area contributed by atoms with E-state index in [0.29, 0.717) is 0 Å². The third-order valence-corrected chi connectivity index (χ3v) is 3.40. The Morgan fingerprint density at radius 2 is 2.00 bits per heavy atom. The van der Waals surface area contributed by atoms with Crippen molar-refractivity contribution in [1.29, 1.82) is 0 Å². The number of hydrogen-bond donors (Lipinski definition) is 1. The number of rotatable bonds is 3. The molecule has 0 aliphatic heterocycles. The van der Waals surface area contributed by atoms with E-state index in [-0.39, 0.29) is 0 Å². The second-order valence-corrected chi connectivity index (χ2v) is 4.53. The van der Waals surface area contributed by atoms with Crippen LogP contribution in [0.3, 0.4) is 0 Å². The number of hydrogen-bond acceptors (Lipinski definition) is 2. The molecule has 4 heteroatoms. The van der Waals surface area contributed by atoms with Crippen LogP contribution in [0, 0.1) is 0 Å². The Morgan fingerprint density at radius 3 is 2.47 bits per heavy atom. The highest BCUT2D eigenvalue weighted by Gasteiger charge is 2.02. The van der Waals surface area contributed by atoms with Crippen LogP contribution in [-0.4, -0.2) is 30.4 Å². The summed E-state index contributed by atoms with van der Waals surface area (Å²) in [5, 5.41) is 3.73. The van der Waals surface area contributed by atoms with E-state index in [1.165, 1.54) is 10.5 Å². The molecule has 0 aromatic heterocycles. The van der Waals surface area contributed by atoms with E-state index >= 15 is 0 Å². The van der Waals surface area contributed by atoms with Crippen molar-refractivity contribution in [3.05, 3.63) is 29.8 Å². The molecule has 0 bridgehead atoms. The number of thioether (sulfide) groups is 1. The van der Waals surface area contributed by atoms with Crippen molar-refractivity contribution >= 4 is 29.1 Å². The fourth-order valence-electron chi connectivity index (χ4n) is 1.27. The largest absolute Gasteiger partial charge is 0.366 e. The van der Waals surface area contributed by atoms with Crippen LogP contribution in [0.1, 0.15) is 5.56 Å². The van der Waals surface area contributed by atoms with Crippen LogP contribution < -0.4 is 5.32 Å². The fourth-order valence-corrected chi connectivity index (χ4v) is 1.74. The highest BCUT2D eigenvalue weighted by atomic mass is 32.2. The smallest absolute Gasteiger partial charge is 0.168 e. The van der Waals surface area contributed by atoms with E-state index < -0.39 is 0 Å². The predicted molar refractivity (Wildman–Crippen MR) is 71.3 cm³/mol. The SMILES string of the molecule is CNC(=S)N(C)Cc1ccc(SC)cc1. The summed E-state index contributed by atoms with van der Waals surface area (Å²) in [7, 11) is 3.83. The topological polar surface area (TPSA) is 15.3 Å². The summed E-state index contributed by atoms with van der Waals surface area (Å²) in [4.78, 5) is 3.31. The minimum absolute atomic E-state index is 0.768. The van der Waals surface area contributed by atoms with E-state index in [9.17, 15) is 0 Å². The quantitative estimate of drug-likeness (QED) is 0.644. The zero-order chi connectivity index (χ0) is 11.3. The van der Waals surface area contributed by atoms with E-state index in [0.717, 1.165) is 11.7 Å². The second kappa shape index (κ2) is 5.98. The number of thiocarbonyl (C=S) groups is 1. The van der Waals surface area contributed by atoms with Gasteiger partial charge in [-0.1, -0.05) is 12.1 Å². The summed E-state index contributed by atoms with van der Waals surface area (Å²) in [6, 6.07) is 8.55. The lowest BCUT2D eigenvalue weighted by Gasteiger charge is -2.19. The van der Waals surface area contributed by atoms with Gasteiger partial charge in [0, 0.05) is 25.5 Å². The second-order valence-electron chi connectivity index (χ2n) is 3.26. The van der Waals surface area contributed by atoms with E-state index in [4.69, 9.17) is 12.2 Å². The van der Waals surface area contributed by atoms with E-state index in [1.807, 2.05) is 19.0 Å². The Bertz CT molecular complexity index is 322. The van der Waals surface area contributed by atoms with Crippen LogP contribution in [0.2, 0.25) is 0 Å². The van der Waals surface area contributed by atoms with Gasteiger partial charge in [-0.05, 0) is 36.2 Å². The lowest BCUT2D eigenvalue weighted by molar-refractivity contribution is 0.494. The summed E-state index contributed by atoms with van der Waals surface area (Å²) in [6.45, 7) is 0.842. The normalized spacial score (nSPS) is 9.80. The van der Waals surface area contributed by atoms with Gasteiger partial charge in [-0.15, -0.1) is 11.8 Å². The van der Waals surface area contributed by atoms with Crippen LogP contribution in [0.15, 0.2) is 29.2 Å².